The Bertz CT molecular complexity index is 1270. The molecule has 3 aromatic carbocycles. The second-order valence-electron chi connectivity index (χ2n) is 7.16. The minimum atomic E-state index is 0.485. The number of nitrogens with two attached hydrogens (primary N) is 1. The second kappa shape index (κ2) is 9.12. The van der Waals surface area contributed by atoms with E-state index >= 15 is 0 Å². The summed E-state index contributed by atoms with van der Waals surface area (Å²) >= 11 is 0. The molecule has 4 rings (SSSR count). The van der Waals surface area contributed by atoms with Crippen LogP contribution in [-0.2, 0) is 0 Å². The van der Waals surface area contributed by atoms with E-state index < -0.39 is 0 Å². The van der Waals surface area contributed by atoms with E-state index in [0.717, 1.165) is 27.9 Å². The Hall–Kier alpha value is -4.20. The van der Waals surface area contributed by atoms with Crippen LogP contribution in [-0.4, -0.2) is 40.5 Å². The summed E-state index contributed by atoms with van der Waals surface area (Å²) in [6.45, 7) is 0. The fourth-order valence-electron chi connectivity index (χ4n) is 3.71. The average Bonchev–Trinajstić information content (AvgIpc) is 3.20. The first-order valence-corrected chi connectivity index (χ1v) is 10.1. The molecular weight excluding hydrogens is 424 g/mol. The van der Waals surface area contributed by atoms with Crippen molar-refractivity contribution in [3.63, 3.8) is 0 Å². The van der Waals surface area contributed by atoms with Crippen LogP contribution >= 0.6 is 0 Å². The third-order valence-corrected chi connectivity index (χ3v) is 5.33. The molecule has 8 heteroatoms. The highest BCUT2D eigenvalue weighted by atomic mass is 16.5. The quantitative estimate of drug-likeness (QED) is 0.354. The van der Waals surface area contributed by atoms with Gasteiger partial charge in [0.25, 0.3) is 0 Å². The summed E-state index contributed by atoms with van der Waals surface area (Å²) in [5.74, 6) is 3.93. The minimum absolute atomic E-state index is 0.485. The van der Waals surface area contributed by atoms with Gasteiger partial charge in [-0.3, -0.25) is 0 Å². The third-order valence-electron chi connectivity index (χ3n) is 5.33. The SMILES string of the molecule is COc1ccc2c(Oc3cc(OC)c(OC)c(OC)c3)c(-c3ccc(OC)c(N)c3)[nH]c2c1. The largest absolute Gasteiger partial charge is 0.497 e. The van der Waals surface area contributed by atoms with Crippen molar-refractivity contribution >= 4 is 16.6 Å². The van der Waals surface area contributed by atoms with Crippen molar-refractivity contribution in [1.29, 1.82) is 0 Å². The number of benzene rings is 3. The van der Waals surface area contributed by atoms with E-state index in [1.165, 1.54) is 0 Å². The molecule has 1 aromatic heterocycles. The van der Waals surface area contributed by atoms with Gasteiger partial charge in [0.1, 0.15) is 17.2 Å². The van der Waals surface area contributed by atoms with Gasteiger partial charge in [-0.1, -0.05) is 0 Å². The van der Waals surface area contributed by atoms with Crippen LogP contribution in [0.1, 0.15) is 0 Å². The van der Waals surface area contributed by atoms with Crippen molar-refractivity contribution in [2.45, 2.75) is 0 Å². The van der Waals surface area contributed by atoms with Gasteiger partial charge in [0.2, 0.25) is 5.75 Å². The molecule has 172 valence electrons. The number of aromatic amines is 1. The van der Waals surface area contributed by atoms with E-state index in [2.05, 4.69) is 4.98 Å². The third kappa shape index (κ3) is 4.03. The number of nitrogens with one attached hydrogen (secondary N) is 1. The molecule has 4 aromatic rings. The first kappa shape index (κ1) is 22.0. The van der Waals surface area contributed by atoms with Crippen LogP contribution in [0, 0.1) is 0 Å². The van der Waals surface area contributed by atoms with Crippen LogP contribution in [0.25, 0.3) is 22.2 Å². The zero-order valence-electron chi connectivity index (χ0n) is 19.1. The molecule has 0 bridgehead atoms. The lowest BCUT2D eigenvalue weighted by molar-refractivity contribution is 0.321. The highest BCUT2D eigenvalue weighted by molar-refractivity contribution is 5.95. The summed E-state index contributed by atoms with van der Waals surface area (Å²) < 4.78 is 33.5. The highest BCUT2D eigenvalue weighted by Gasteiger charge is 2.20. The first-order valence-electron chi connectivity index (χ1n) is 10.1. The molecule has 33 heavy (non-hydrogen) atoms. The van der Waals surface area contributed by atoms with Crippen molar-refractivity contribution in [3.8, 4) is 51.5 Å². The molecule has 0 unspecified atom stereocenters. The maximum absolute atomic E-state index is 6.41. The molecule has 0 radical (unpaired) electrons. The fraction of sp³-hybridized carbons (Fsp3) is 0.200. The summed E-state index contributed by atoms with van der Waals surface area (Å²) in [6, 6.07) is 14.8. The van der Waals surface area contributed by atoms with Crippen LogP contribution in [0.15, 0.2) is 48.5 Å². The molecule has 1 heterocycles. The summed E-state index contributed by atoms with van der Waals surface area (Å²) in [5.41, 5.74) is 9.13. The number of aromatic nitrogens is 1. The summed E-state index contributed by atoms with van der Waals surface area (Å²) in [6.07, 6.45) is 0. The lowest BCUT2D eigenvalue weighted by Gasteiger charge is -2.15. The van der Waals surface area contributed by atoms with E-state index in [0.29, 0.717) is 40.2 Å². The van der Waals surface area contributed by atoms with Crippen LogP contribution in [0.5, 0.6) is 40.2 Å². The van der Waals surface area contributed by atoms with Crippen molar-refractivity contribution in [2.75, 3.05) is 41.3 Å². The monoisotopic (exact) mass is 450 g/mol. The first-order chi connectivity index (χ1) is 16.0. The normalized spacial score (nSPS) is 10.7. The van der Waals surface area contributed by atoms with Gasteiger partial charge in [-0.15, -0.1) is 0 Å². The number of nitrogen functional groups attached to an aromatic ring is 1. The van der Waals surface area contributed by atoms with Gasteiger partial charge in [-0.2, -0.15) is 0 Å². The van der Waals surface area contributed by atoms with Gasteiger partial charge < -0.3 is 39.1 Å². The predicted molar refractivity (Wildman–Crippen MR) is 127 cm³/mol. The summed E-state index contributed by atoms with van der Waals surface area (Å²) in [4.78, 5) is 3.43. The standard InChI is InChI=1S/C25H26N2O6/c1-28-15-7-8-17-19(11-15)27-23(14-6-9-20(29-2)18(26)10-14)24(17)33-16-12-21(30-3)25(32-5)22(13-16)31-4/h6-13,27H,26H2,1-5H3. The molecule has 0 amide bonds. The van der Waals surface area contributed by atoms with E-state index in [9.17, 15) is 0 Å². The number of fused-ring (bicyclic) bond motifs is 1. The Morgan fingerprint density at radius 3 is 1.91 bits per heavy atom. The Balaban J connectivity index is 1.89. The number of hydrogen-bond acceptors (Lipinski definition) is 7. The number of H-pyrrole nitrogens is 1. The summed E-state index contributed by atoms with van der Waals surface area (Å²) in [5, 5.41) is 0.869. The Kier molecular flexibility index (Phi) is 6.08. The number of hydrogen-bond donors (Lipinski definition) is 2. The molecule has 0 saturated carbocycles. The van der Waals surface area contributed by atoms with Gasteiger partial charge in [0, 0.05) is 29.1 Å². The van der Waals surface area contributed by atoms with Gasteiger partial charge in [0.15, 0.2) is 17.2 Å². The maximum Gasteiger partial charge on any atom is 0.203 e. The van der Waals surface area contributed by atoms with E-state index in [-0.39, 0.29) is 0 Å². The van der Waals surface area contributed by atoms with Crippen molar-refractivity contribution in [1.82, 2.24) is 4.98 Å². The van der Waals surface area contributed by atoms with Crippen molar-refractivity contribution in [3.05, 3.63) is 48.5 Å². The fourth-order valence-corrected chi connectivity index (χ4v) is 3.71. The van der Waals surface area contributed by atoms with Crippen LogP contribution in [0.3, 0.4) is 0 Å². The number of rotatable bonds is 8. The minimum Gasteiger partial charge on any atom is -0.497 e. The van der Waals surface area contributed by atoms with Gasteiger partial charge in [-0.05, 0) is 30.3 Å². The molecule has 0 aliphatic heterocycles. The molecular formula is C25H26N2O6. The zero-order valence-corrected chi connectivity index (χ0v) is 19.1. The number of methoxy groups -OCH3 is 5. The van der Waals surface area contributed by atoms with Gasteiger partial charge in [-0.25, -0.2) is 0 Å². The van der Waals surface area contributed by atoms with Crippen molar-refractivity contribution in [2.24, 2.45) is 0 Å². The number of ether oxygens (including phenoxy) is 6. The molecule has 0 aliphatic rings. The summed E-state index contributed by atoms with van der Waals surface area (Å²) in [7, 11) is 7.89. The molecule has 0 fully saturated rings. The smallest absolute Gasteiger partial charge is 0.203 e. The van der Waals surface area contributed by atoms with Gasteiger partial charge >= 0.3 is 0 Å². The highest BCUT2D eigenvalue weighted by Crippen LogP contribution is 2.46. The second-order valence-corrected chi connectivity index (χ2v) is 7.16. The zero-order chi connectivity index (χ0) is 23.5. The molecule has 0 aliphatic carbocycles. The Labute approximate surface area is 191 Å². The maximum atomic E-state index is 6.41. The molecule has 0 atom stereocenters. The molecule has 8 nitrogen and oxygen atoms in total. The Morgan fingerprint density at radius 1 is 0.636 bits per heavy atom. The topological polar surface area (TPSA) is 97.2 Å². The van der Waals surface area contributed by atoms with Gasteiger partial charge in [0.05, 0.1) is 52.4 Å². The lowest BCUT2D eigenvalue weighted by Crippen LogP contribution is -1.96. The van der Waals surface area contributed by atoms with Crippen molar-refractivity contribution < 1.29 is 28.4 Å². The molecule has 0 saturated heterocycles. The van der Waals surface area contributed by atoms with Crippen LogP contribution < -0.4 is 34.2 Å². The molecule has 3 N–H and O–H groups in total. The van der Waals surface area contributed by atoms with E-state index in [1.807, 2.05) is 36.4 Å². The van der Waals surface area contributed by atoms with E-state index in [4.69, 9.17) is 34.2 Å². The predicted octanol–water partition coefficient (Wildman–Crippen LogP) is 5.25. The Morgan fingerprint density at radius 2 is 1.33 bits per heavy atom. The lowest BCUT2D eigenvalue weighted by atomic mass is 10.1. The number of anilines is 1. The van der Waals surface area contributed by atoms with Crippen LogP contribution in [0.4, 0.5) is 5.69 Å². The average molecular weight is 450 g/mol. The van der Waals surface area contributed by atoms with E-state index in [1.54, 1.807) is 47.7 Å². The van der Waals surface area contributed by atoms with Crippen LogP contribution in [0.2, 0.25) is 0 Å². The molecule has 0 spiro atoms.